The molecule has 0 spiro atoms. The molecular formula is C24H25N3O4. The number of hydrogen-bond acceptors (Lipinski definition) is 5. The SMILES string of the molecule is CCc1ccc(C(=O)NCC2CN(c3cc(C)nc4ccc(OC)cc34)C(=O)O2)cc1. The van der Waals surface area contributed by atoms with E-state index in [-0.39, 0.29) is 12.5 Å². The number of carbonyl (C=O) groups excluding carboxylic acids is 2. The molecule has 0 aliphatic carbocycles. The van der Waals surface area contributed by atoms with Crippen molar-refractivity contribution in [1.82, 2.24) is 10.3 Å². The van der Waals surface area contributed by atoms with Crippen LogP contribution in [0.1, 0.15) is 28.5 Å². The van der Waals surface area contributed by atoms with Crippen LogP contribution in [-0.2, 0) is 11.2 Å². The lowest BCUT2D eigenvalue weighted by atomic mass is 10.1. The van der Waals surface area contributed by atoms with Gasteiger partial charge in [0.05, 0.1) is 31.4 Å². The quantitative estimate of drug-likeness (QED) is 0.656. The number of benzene rings is 2. The number of anilines is 1. The van der Waals surface area contributed by atoms with Gasteiger partial charge in [0.1, 0.15) is 11.9 Å². The molecule has 7 nitrogen and oxygen atoms in total. The molecular weight excluding hydrogens is 394 g/mol. The van der Waals surface area contributed by atoms with Crippen LogP contribution in [0.5, 0.6) is 5.75 Å². The van der Waals surface area contributed by atoms with E-state index >= 15 is 0 Å². The zero-order valence-electron chi connectivity index (χ0n) is 17.8. The maximum Gasteiger partial charge on any atom is 0.414 e. The number of carbonyl (C=O) groups is 2. The van der Waals surface area contributed by atoms with Gasteiger partial charge in [0.2, 0.25) is 0 Å². The van der Waals surface area contributed by atoms with Gasteiger partial charge in [-0.3, -0.25) is 14.7 Å². The normalized spacial score (nSPS) is 15.8. The molecule has 0 radical (unpaired) electrons. The lowest BCUT2D eigenvalue weighted by Gasteiger charge is -2.17. The van der Waals surface area contributed by atoms with Crippen LogP contribution in [0.25, 0.3) is 10.9 Å². The highest BCUT2D eigenvalue weighted by atomic mass is 16.6. The smallest absolute Gasteiger partial charge is 0.414 e. The number of aromatic nitrogens is 1. The largest absolute Gasteiger partial charge is 0.497 e. The van der Waals surface area contributed by atoms with E-state index in [2.05, 4.69) is 17.2 Å². The molecule has 1 fully saturated rings. The summed E-state index contributed by atoms with van der Waals surface area (Å²) in [4.78, 5) is 31.2. The van der Waals surface area contributed by atoms with Crippen LogP contribution in [0.15, 0.2) is 48.5 Å². The number of cyclic esters (lactones) is 1. The standard InChI is InChI=1S/C24H25N3O4/c1-4-16-5-7-17(8-6-16)23(28)25-13-19-14-27(24(29)31-19)22-11-15(2)26-21-10-9-18(30-3)12-20(21)22/h5-12,19H,4,13-14H2,1-3H3,(H,25,28). The maximum absolute atomic E-state index is 12.6. The van der Waals surface area contributed by atoms with Gasteiger partial charge in [-0.15, -0.1) is 0 Å². The van der Waals surface area contributed by atoms with Crippen molar-refractivity contribution < 1.29 is 19.1 Å². The average molecular weight is 419 g/mol. The van der Waals surface area contributed by atoms with E-state index in [1.54, 1.807) is 24.1 Å². The van der Waals surface area contributed by atoms with Gasteiger partial charge < -0.3 is 14.8 Å². The van der Waals surface area contributed by atoms with Crippen LogP contribution in [-0.4, -0.2) is 43.3 Å². The lowest BCUT2D eigenvalue weighted by molar-refractivity contribution is 0.0916. The van der Waals surface area contributed by atoms with E-state index in [4.69, 9.17) is 9.47 Å². The Kier molecular flexibility index (Phi) is 5.75. The number of hydrogen-bond donors (Lipinski definition) is 1. The molecule has 160 valence electrons. The van der Waals surface area contributed by atoms with E-state index in [0.29, 0.717) is 17.9 Å². The summed E-state index contributed by atoms with van der Waals surface area (Å²) in [7, 11) is 1.60. The Morgan fingerprint density at radius 2 is 2.00 bits per heavy atom. The molecule has 1 aromatic heterocycles. The van der Waals surface area contributed by atoms with Gasteiger partial charge in [0, 0.05) is 16.6 Å². The highest BCUT2D eigenvalue weighted by molar-refractivity contribution is 6.02. The molecule has 2 aromatic carbocycles. The third-order valence-corrected chi connectivity index (χ3v) is 5.40. The topological polar surface area (TPSA) is 80.8 Å². The van der Waals surface area contributed by atoms with Crippen molar-refractivity contribution in [2.75, 3.05) is 25.1 Å². The van der Waals surface area contributed by atoms with Crippen molar-refractivity contribution in [1.29, 1.82) is 0 Å². The first-order valence-electron chi connectivity index (χ1n) is 10.3. The molecule has 1 N–H and O–H groups in total. The van der Waals surface area contributed by atoms with Gasteiger partial charge in [-0.05, 0) is 55.3 Å². The number of fused-ring (bicyclic) bond motifs is 1. The number of rotatable bonds is 6. The van der Waals surface area contributed by atoms with Crippen molar-refractivity contribution in [2.24, 2.45) is 0 Å². The fourth-order valence-electron chi connectivity index (χ4n) is 3.69. The van der Waals surface area contributed by atoms with E-state index in [9.17, 15) is 9.59 Å². The molecule has 31 heavy (non-hydrogen) atoms. The van der Waals surface area contributed by atoms with Gasteiger partial charge in [-0.25, -0.2) is 4.79 Å². The molecule has 2 heterocycles. The minimum Gasteiger partial charge on any atom is -0.497 e. The van der Waals surface area contributed by atoms with Crippen molar-refractivity contribution in [3.8, 4) is 5.75 Å². The third-order valence-electron chi connectivity index (χ3n) is 5.40. The Balaban J connectivity index is 1.49. The lowest BCUT2D eigenvalue weighted by Crippen LogP contribution is -2.34. The molecule has 7 heteroatoms. The summed E-state index contributed by atoms with van der Waals surface area (Å²) in [5.41, 5.74) is 4.05. The maximum atomic E-state index is 12.6. The van der Waals surface area contributed by atoms with Crippen molar-refractivity contribution >= 4 is 28.6 Å². The second kappa shape index (κ2) is 8.63. The van der Waals surface area contributed by atoms with E-state index in [1.165, 1.54) is 5.56 Å². The van der Waals surface area contributed by atoms with Crippen LogP contribution in [0.2, 0.25) is 0 Å². The third kappa shape index (κ3) is 4.30. The molecule has 1 aliphatic heterocycles. The van der Waals surface area contributed by atoms with E-state index < -0.39 is 12.2 Å². The van der Waals surface area contributed by atoms with Crippen LogP contribution in [0.4, 0.5) is 10.5 Å². The highest BCUT2D eigenvalue weighted by Gasteiger charge is 2.33. The van der Waals surface area contributed by atoms with Crippen LogP contribution >= 0.6 is 0 Å². The average Bonchev–Trinajstić information content (AvgIpc) is 3.16. The Morgan fingerprint density at radius 1 is 1.23 bits per heavy atom. The van der Waals surface area contributed by atoms with Gasteiger partial charge in [0.25, 0.3) is 5.91 Å². The molecule has 0 saturated carbocycles. The summed E-state index contributed by atoms with van der Waals surface area (Å²) in [5.74, 6) is 0.497. The summed E-state index contributed by atoms with van der Waals surface area (Å²) in [6.07, 6.45) is 0.0342. The first-order valence-corrected chi connectivity index (χ1v) is 10.3. The molecule has 1 unspecified atom stereocenters. The first kappa shape index (κ1) is 20.7. The summed E-state index contributed by atoms with van der Waals surface area (Å²) >= 11 is 0. The minimum absolute atomic E-state index is 0.188. The van der Waals surface area contributed by atoms with Gasteiger partial charge in [-0.1, -0.05) is 19.1 Å². The monoisotopic (exact) mass is 419 g/mol. The van der Waals surface area contributed by atoms with Gasteiger partial charge in [-0.2, -0.15) is 0 Å². The zero-order valence-corrected chi connectivity index (χ0v) is 17.8. The van der Waals surface area contributed by atoms with Crippen molar-refractivity contribution in [3.05, 3.63) is 65.4 Å². The van der Waals surface area contributed by atoms with E-state index in [0.717, 1.165) is 28.7 Å². The predicted molar refractivity (Wildman–Crippen MR) is 119 cm³/mol. The van der Waals surface area contributed by atoms with Crippen molar-refractivity contribution in [3.63, 3.8) is 0 Å². The molecule has 1 saturated heterocycles. The zero-order chi connectivity index (χ0) is 22.0. The number of aryl methyl sites for hydroxylation is 2. The summed E-state index contributed by atoms with van der Waals surface area (Å²) < 4.78 is 10.8. The fraction of sp³-hybridized carbons (Fsp3) is 0.292. The van der Waals surface area contributed by atoms with Crippen molar-refractivity contribution in [2.45, 2.75) is 26.4 Å². The Hall–Kier alpha value is -3.61. The molecule has 1 atom stereocenters. The number of amides is 2. The van der Waals surface area contributed by atoms with Gasteiger partial charge >= 0.3 is 6.09 Å². The summed E-state index contributed by atoms with van der Waals surface area (Å²) in [5, 5.41) is 3.67. The van der Waals surface area contributed by atoms with Crippen LogP contribution in [0, 0.1) is 6.92 Å². The first-order chi connectivity index (χ1) is 15.0. The summed E-state index contributed by atoms with van der Waals surface area (Å²) in [6, 6.07) is 14.9. The van der Waals surface area contributed by atoms with Crippen LogP contribution in [0.3, 0.4) is 0 Å². The van der Waals surface area contributed by atoms with E-state index in [1.807, 2.05) is 43.3 Å². The molecule has 1 aliphatic rings. The Labute approximate surface area is 181 Å². The number of methoxy groups -OCH3 is 1. The molecule has 3 aromatic rings. The molecule has 2 amide bonds. The fourth-order valence-corrected chi connectivity index (χ4v) is 3.69. The van der Waals surface area contributed by atoms with Gasteiger partial charge in [0.15, 0.2) is 0 Å². The number of pyridine rings is 1. The molecule has 0 bridgehead atoms. The predicted octanol–water partition coefficient (Wildman–Crippen LogP) is 3.87. The second-order valence-corrected chi connectivity index (χ2v) is 7.54. The summed E-state index contributed by atoms with van der Waals surface area (Å²) in [6.45, 7) is 4.53. The molecule has 4 rings (SSSR count). The highest BCUT2D eigenvalue weighted by Crippen LogP contribution is 2.32. The number of nitrogens with zero attached hydrogens (tertiary/aromatic N) is 2. The van der Waals surface area contributed by atoms with Crippen LogP contribution < -0.4 is 15.0 Å². The number of ether oxygens (including phenoxy) is 2. The minimum atomic E-state index is -0.444. The number of nitrogens with one attached hydrogen (secondary N) is 1. The Morgan fingerprint density at radius 3 is 2.71 bits per heavy atom. The Bertz CT molecular complexity index is 1130. The second-order valence-electron chi connectivity index (χ2n) is 7.54.